The summed E-state index contributed by atoms with van der Waals surface area (Å²) >= 11 is 0. The van der Waals surface area contributed by atoms with Gasteiger partial charge in [-0.05, 0) is 22.6 Å². The maximum atomic E-state index is 3.88. The quantitative estimate of drug-likeness (QED) is 0.539. The highest BCUT2D eigenvalue weighted by Crippen LogP contribution is 2.25. The average Bonchev–Trinajstić information content (AvgIpc) is 2.49. The molecule has 106 valence electrons. The summed E-state index contributed by atoms with van der Waals surface area (Å²) < 4.78 is 0. The number of benzene rings is 1. The molecular weight excluding hydrogens is 228 g/mol. The van der Waals surface area contributed by atoms with Crippen LogP contribution in [0, 0.1) is 5.92 Å². The van der Waals surface area contributed by atoms with Crippen LogP contribution in [0.4, 0.5) is 0 Å². The summed E-state index contributed by atoms with van der Waals surface area (Å²) in [5.41, 5.74) is 3.63. The summed E-state index contributed by atoms with van der Waals surface area (Å²) in [6, 6.07) is 10.3. The second kappa shape index (κ2) is 12.9. The number of rotatable bonds is 4. The molecule has 0 N–H and O–H groups in total. The predicted molar refractivity (Wildman–Crippen MR) is 91.3 cm³/mol. The molecule has 1 aromatic rings. The average molecular weight is 258 g/mol. The number of allylic oxidation sites excluding steroid dienone is 4. The van der Waals surface area contributed by atoms with Crippen molar-refractivity contribution in [1.29, 1.82) is 0 Å². The molecule has 0 saturated heterocycles. The normalized spacial score (nSPS) is 10.3. The van der Waals surface area contributed by atoms with Crippen molar-refractivity contribution in [3.05, 3.63) is 66.8 Å². The fraction of sp³-hybridized carbons (Fsp3) is 0.368. The van der Waals surface area contributed by atoms with Crippen LogP contribution >= 0.6 is 0 Å². The van der Waals surface area contributed by atoms with Gasteiger partial charge in [-0.25, -0.2) is 0 Å². The summed E-state index contributed by atoms with van der Waals surface area (Å²) in [6.45, 7) is 20.1. The molecule has 0 amide bonds. The van der Waals surface area contributed by atoms with Gasteiger partial charge in [-0.3, -0.25) is 0 Å². The summed E-state index contributed by atoms with van der Waals surface area (Å²) in [5, 5.41) is 0. The fourth-order valence-corrected chi connectivity index (χ4v) is 1.68. The molecule has 0 heterocycles. The van der Waals surface area contributed by atoms with Gasteiger partial charge in [0.1, 0.15) is 0 Å². The second-order valence-electron chi connectivity index (χ2n) is 3.80. The number of hydrogen-bond donors (Lipinski definition) is 0. The van der Waals surface area contributed by atoms with E-state index in [1.54, 1.807) is 0 Å². The van der Waals surface area contributed by atoms with E-state index < -0.39 is 0 Å². The topological polar surface area (TPSA) is 0 Å². The van der Waals surface area contributed by atoms with Gasteiger partial charge < -0.3 is 0 Å². The summed E-state index contributed by atoms with van der Waals surface area (Å²) in [5.74, 6) is 0.468. The lowest BCUT2D eigenvalue weighted by atomic mass is 9.93. The van der Waals surface area contributed by atoms with Crippen molar-refractivity contribution in [2.75, 3.05) is 0 Å². The Kier molecular flexibility index (Phi) is 13.4. The molecule has 1 rings (SSSR count). The van der Waals surface area contributed by atoms with Gasteiger partial charge >= 0.3 is 0 Å². The minimum Gasteiger partial charge on any atom is -0.0988 e. The maximum Gasteiger partial charge on any atom is -0.0155 e. The Morgan fingerprint density at radius 3 is 1.68 bits per heavy atom. The molecule has 19 heavy (non-hydrogen) atoms. The van der Waals surface area contributed by atoms with Crippen LogP contribution in [0.15, 0.2) is 61.2 Å². The third kappa shape index (κ3) is 6.81. The van der Waals surface area contributed by atoms with Gasteiger partial charge in [-0.2, -0.15) is 0 Å². The van der Waals surface area contributed by atoms with Crippen LogP contribution in [-0.2, 0) is 0 Å². The van der Waals surface area contributed by atoms with E-state index >= 15 is 0 Å². The van der Waals surface area contributed by atoms with E-state index in [9.17, 15) is 0 Å². The molecule has 0 spiro atoms. The van der Waals surface area contributed by atoms with E-state index in [1.807, 2.05) is 58.0 Å². The largest absolute Gasteiger partial charge is 0.0988 e. The zero-order valence-electron chi connectivity index (χ0n) is 13.5. The van der Waals surface area contributed by atoms with E-state index in [4.69, 9.17) is 0 Å². The van der Waals surface area contributed by atoms with Crippen LogP contribution in [0.5, 0.6) is 0 Å². The van der Waals surface area contributed by atoms with Gasteiger partial charge in [-0.1, -0.05) is 97.2 Å². The Morgan fingerprint density at radius 2 is 1.37 bits per heavy atom. The Morgan fingerprint density at radius 1 is 0.895 bits per heavy atom. The molecule has 0 aliphatic carbocycles. The lowest BCUT2D eigenvalue weighted by molar-refractivity contribution is 0.795. The Labute approximate surface area is 120 Å². The highest BCUT2D eigenvalue weighted by atomic mass is 14.1. The van der Waals surface area contributed by atoms with Gasteiger partial charge in [0.15, 0.2) is 0 Å². The molecule has 1 aromatic carbocycles. The highest BCUT2D eigenvalue weighted by molar-refractivity contribution is 5.78. The Balaban J connectivity index is 0. The van der Waals surface area contributed by atoms with Crippen LogP contribution in [0.1, 0.15) is 47.1 Å². The molecule has 0 saturated carbocycles. The molecule has 0 nitrogen and oxygen atoms in total. The predicted octanol–water partition coefficient (Wildman–Crippen LogP) is 6.52. The first-order chi connectivity index (χ1) is 9.20. The van der Waals surface area contributed by atoms with Crippen LogP contribution in [0.25, 0.3) is 5.57 Å². The monoisotopic (exact) mass is 258 g/mol. The van der Waals surface area contributed by atoms with Crippen molar-refractivity contribution < 1.29 is 0 Å². The van der Waals surface area contributed by atoms with Gasteiger partial charge in [0.25, 0.3) is 0 Å². The van der Waals surface area contributed by atoms with Crippen molar-refractivity contribution in [1.82, 2.24) is 0 Å². The summed E-state index contributed by atoms with van der Waals surface area (Å²) in [6.07, 6.45) is 3.83. The molecule has 0 bridgehead atoms. The van der Waals surface area contributed by atoms with Crippen LogP contribution in [-0.4, -0.2) is 0 Å². The molecule has 0 aliphatic rings. The zero-order chi connectivity index (χ0) is 15.3. The van der Waals surface area contributed by atoms with Crippen molar-refractivity contribution in [3.63, 3.8) is 0 Å². The summed E-state index contributed by atoms with van der Waals surface area (Å²) in [7, 11) is 0. The highest BCUT2D eigenvalue weighted by Gasteiger charge is 2.06. The lowest BCUT2D eigenvalue weighted by Gasteiger charge is -2.12. The molecule has 0 unspecified atom stereocenters. The Hall–Kier alpha value is -1.56. The molecule has 0 aromatic heterocycles. The van der Waals surface area contributed by atoms with Gasteiger partial charge in [-0.15, -0.1) is 0 Å². The SMILES string of the molecule is C=C/C(=C(\C=C)C(C)C)c1ccccc1.CC.CC. The van der Waals surface area contributed by atoms with Gasteiger partial charge in [0, 0.05) is 0 Å². The maximum absolute atomic E-state index is 3.88. The van der Waals surface area contributed by atoms with E-state index in [0.717, 1.165) is 0 Å². The molecule has 0 radical (unpaired) electrons. The number of hydrogen-bond acceptors (Lipinski definition) is 0. The minimum atomic E-state index is 0.468. The molecule has 0 aliphatic heterocycles. The van der Waals surface area contributed by atoms with Gasteiger partial charge in [0.05, 0.1) is 0 Å². The van der Waals surface area contributed by atoms with E-state index in [0.29, 0.717) is 5.92 Å². The lowest BCUT2D eigenvalue weighted by Crippen LogP contribution is -1.95. The fourth-order valence-electron chi connectivity index (χ4n) is 1.68. The first kappa shape index (κ1) is 19.8. The zero-order valence-corrected chi connectivity index (χ0v) is 13.5. The van der Waals surface area contributed by atoms with E-state index in [1.165, 1.54) is 16.7 Å². The summed E-state index contributed by atoms with van der Waals surface area (Å²) in [4.78, 5) is 0. The first-order valence-electron chi connectivity index (χ1n) is 7.25. The van der Waals surface area contributed by atoms with E-state index in [2.05, 4.69) is 39.1 Å². The molecule has 0 heteroatoms. The van der Waals surface area contributed by atoms with Crippen LogP contribution < -0.4 is 0 Å². The van der Waals surface area contributed by atoms with Crippen molar-refractivity contribution in [2.24, 2.45) is 5.92 Å². The van der Waals surface area contributed by atoms with Gasteiger partial charge in [0.2, 0.25) is 0 Å². The standard InChI is InChI=1S/C15H18.2C2H6/c1-5-14(12(3)4)15(6-2)13-10-8-7-9-11-13;2*1-2/h5-12H,1-2H2,3-4H3;2*1-2H3/b15-14-;;. The molecule has 0 fully saturated rings. The smallest absolute Gasteiger partial charge is 0.0155 e. The second-order valence-corrected chi connectivity index (χ2v) is 3.80. The Bertz CT molecular complexity index is 366. The molecule has 0 atom stereocenters. The van der Waals surface area contributed by atoms with Crippen molar-refractivity contribution >= 4 is 5.57 Å². The van der Waals surface area contributed by atoms with Crippen LogP contribution in [0.2, 0.25) is 0 Å². The van der Waals surface area contributed by atoms with E-state index in [-0.39, 0.29) is 0 Å². The molecular formula is C19H30. The van der Waals surface area contributed by atoms with Crippen molar-refractivity contribution in [3.8, 4) is 0 Å². The third-order valence-corrected chi connectivity index (χ3v) is 2.44. The first-order valence-corrected chi connectivity index (χ1v) is 7.25. The van der Waals surface area contributed by atoms with Crippen molar-refractivity contribution in [2.45, 2.75) is 41.5 Å². The third-order valence-electron chi connectivity index (χ3n) is 2.44. The minimum absolute atomic E-state index is 0.468. The van der Waals surface area contributed by atoms with Crippen LogP contribution in [0.3, 0.4) is 0 Å².